The highest BCUT2D eigenvalue weighted by molar-refractivity contribution is 9.10. The smallest absolute Gasteiger partial charge is 0.235 e. The topological polar surface area (TPSA) is 88.7 Å². The Morgan fingerprint density at radius 2 is 2.00 bits per heavy atom. The third-order valence-electron chi connectivity index (χ3n) is 3.06. The van der Waals surface area contributed by atoms with Gasteiger partial charge in [0.25, 0.3) is 10.0 Å². The number of aromatic nitrogens is 3. The van der Waals surface area contributed by atoms with Crippen LogP contribution in [0.2, 0.25) is 0 Å². The Hall–Kier alpha value is -2.26. The van der Waals surface area contributed by atoms with Crippen molar-refractivity contribution >= 4 is 37.8 Å². The number of sulfonamides is 1. The molecule has 0 aliphatic carbocycles. The molecule has 7 nitrogen and oxygen atoms in total. The van der Waals surface area contributed by atoms with E-state index >= 15 is 0 Å². The Labute approximate surface area is 141 Å². The maximum atomic E-state index is 12.1. The molecule has 0 bridgehead atoms. The van der Waals surface area contributed by atoms with Crippen LogP contribution in [-0.4, -0.2) is 29.2 Å². The molecule has 118 valence electrons. The summed E-state index contributed by atoms with van der Waals surface area (Å²) >= 11 is 3.30. The standard InChI is InChI=1S/C14H12BrN5O2S/c1-10-2-4-13(5-3-10)23(21,22)19-17-6-11-7-18-20-9-12(15)8-16-14(11)20/h2-9,19H,1H3/b17-6-. The summed E-state index contributed by atoms with van der Waals surface area (Å²) in [4.78, 5) is 6.54. The Morgan fingerprint density at radius 1 is 1.26 bits per heavy atom. The lowest BCUT2D eigenvalue weighted by molar-refractivity contribution is 0.584. The number of nitrogens with zero attached hydrogens (tertiary/aromatic N) is 4. The zero-order chi connectivity index (χ0) is 16.4. The largest absolute Gasteiger partial charge is 0.276 e. The van der Waals surface area contributed by atoms with Crippen molar-refractivity contribution in [2.75, 3.05) is 0 Å². The summed E-state index contributed by atoms with van der Waals surface area (Å²) in [7, 11) is -3.69. The predicted octanol–water partition coefficient (Wildman–Crippen LogP) is 2.11. The molecular weight excluding hydrogens is 382 g/mol. The fourth-order valence-corrected chi connectivity index (χ4v) is 2.98. The second-order valence-corrected chi connectivity index (χ2v) is 7.38. The highest BCUT2D eigenvalue weighted by Gasteiger charge is 2.12. The molecule has 0 saturated carbocycles. The first-order valence-electron chi connectivity index (χ1n) is 6.56. The summed E-state index contributed by atoms with van der Waals surface area (Å²) in [5, 5.41) is 7.91. The van der Waals surface area contributed by atoms with Crippen LogP contribution in [0.1, 0.15) is 11.1 Å². The first-order chi connectivity index (χ1) is 11.0. The predicted molar refractivity (Wildman–Crippen MR) is 89.8 cm³/mol. The van der Waals surface area contributed by atoms with E-state index in [0.29, 0.717) is 11.2 Å². The molecular formula is C14H12BrN5O2S. The quantitative estimate of drug-likeness (QED) is 0.542. The van der Waals surface area contributed by atoms with Crippen LogP contribution in [0.5, 0.6) is 0 Å². The van der Waals surface area contributed by atoms with E-state index in [1.54, 1.807) is 35.2 Å². The van der Waals surface area contributed by atoms with E-state index in [9.17, 15) is 8.42 Å². The van der Waals surface area contributed by atoms with Crippen molar-refractivity contribution in [3.63, 3.8) is 0 Å². The number of fused-ring (bicyclic) bond motifs is 1. The van der Waals surface area contributed by atoms with Crippen molar-refractivity contribution in [2.45, 2.75) is 11.8 Å². The van der Waals surface area contributed by atoms with Gasteiger partial charge in [-0.05, 0) is 35.0 Å². The lowest BCUT2D eigenvalue weighted by atomic mass is 10.2. The zero-order valence-electron chi connectivity index (χ0n) is 12.0. The van der Waals surface area contributed by atoms with Gasteiger partial charge in [-0.1, -0.05) is 17.7 Å². The molecule has 0 radical (unpaired) electrons. The molecule has 0 saturated heterocycles. The van der Waals surface area contributed by atoms with Crippen molar-refractivity contribution in [1.29, 1.82) is 0 Å². The maximum Gasteiger partial charge on any atom is 0.276 e. The van der Waals surface area contributed by atoms with Gasteiger partial charge in [0.15, 0.2) is 5.65 Å². The summed E-state index contributed by atoms with van der Waals surface area (Å²) in [5.41, 5.74) is 2.16. The van der Waals surface area contributed by atoms with Crippen LogP contribution in [0.4, 0.5) is 0 Å². The Morgan fingerprint density at radius 3 is 2.74 bits per heavy atom. The van der Waals surface area contributed by atoms with E-state index in [4.69, 9.17) is 0 Å². The number of hydrogen-bond acceptors (Lipinski definition) is 5. The van der Waals surface area contributed by atoms with Crippen molar-refractivity contribution in [2.24, 2.45) is 5.10 Å². The molecule has 0 atom stereocenters. The van der Waals surface area contributed by atoms with Gasteiger partial charge in [-0.3, -0.25) is 0 Å². The van der Waals surface area contributed by atoms with Crippen LogP contribution < -0.4 is 4.83 Å². The van der Waals surface area contributed by atoms with E-state index < -0.39 is 10.0 Å². The fraction of sp³-hybridized carbons (Fsp3) is 0.0714. The van der Waals surface area contributed by atoms with Gasteiger partial charge in [0, 0.05) is 12.4 Å². The number of aryl methyl sites for hydroxylation is 1. The van der Waals surface area contributed by atoms with Crippen molar-refractivity contribution in [1.82, 2.24) is 19.4 Å². The van der Waals surface area contributed by atoms with Crippen molar-refractivity contribution in [3.8, 4) is 0 Å². The number of hydrogen-bond donors (Lipinski definition) is 1. The molecule has 0 fully saturated rings. The minimum Gasteiger partial charge on any atom is -0.235 e. The van der Waals surface area contributed by atoms with Crippen LogP contribution >= 0.6 is 15.9 Å². The molecule has 0 aliphatic rings. The van der Waals surface area contributed by atoms with Crippen LogP contribution in [0, 0.1) is 6.92 Å². The van der Waals surface area contributed by atoms with E-state index in [-0.39, 0.29) is 4.90 Å². The zero-order valence-corrected chi connectivity index (χ0v) is 14.4. The molecule has 9 heteroatoms. The van der Waals surface area contributed by atoms with Gasteiger partial charge in [-0.2, -0.15) is 18.6 Å². The van der Waals surface area contributed by atoms with Crippen molar-refractivity contribution < 1.29 is 8.42 Å². The molecule has 1 aromatic carbocycles. The second-order valence-electron chi connectivity index (χ2n) is 4.81. The van der Waals surface area contributed by atoms with Gasteiger partial charge in [0.05, 0.1) is 27.3 Å². The monoisotopic (exact) mass is 393 g/mol. The average molecular weight is 394 g/mol. The first kappa shape index (κ1) is 15.6. The molecule has 23 heavy (non-hydrogen) atoms. The second kappa shape index (κ2) is 6.09. The molecule has 0 spiro atoms. The fourth-order valence-electron chi connectivity index (χ4n) is 1.90. The van der Waals surface area contributed by atoms with E-state index in [1.165, 1.54) is 18.3 Å². The Bertz CT molecular complexity index is 980. The molecule has 2 heterocycles. The summed E-state index contributed by atoms with van der Waals surface area (Å²) in [6.07, 6.45) is 6.30. The molecule has 0 unspecified atom stereocenters. The Kier molecular flexibility index (Phi) is 4.14. The van der Waals surface area contributed by atoms with E-state index in [0.717, 1.165) is 10.0 Å². The van der Waals surface area contributed by atoms with E-state index in [2.05, 4.69) is 35.9 Å². The van der Waals surface area contributed by atoms with Gasteiger partial charge in [0.1, 0.15) is 0 Å². The number of hydrazone groups is 1. The van der Waals surface area contributed by atoms with Crippen LogP contribution in [-0.2, 0) is 10.0 Å². The third-order valence-corrected chi connectivity index (χ3v) is 4.71. The molecule has 0 amide bonds. The van der Waals surface area contributed by atoms with Crippen LogP contribution in [0.25, 0.3) is 5.65 Å². The summed E-state index contributed by atoms with van der Waals surface area (Å²) < 4.78 is 26.6. The van der Waals surface area contributed by atoms with Crippen molar-refractivity contribution in [3.05, 3.63) is 58.5 Å². The number of benzene rings is 1. The summed E-state index contributed by atoms with van der Waals surface area (Å²) in [6, 6.07) is 6.51. The van der Waals surface area contributed by atoms with Crippen LogP contribution in [0.3, 0.4) is 0 Å². The first-order valence-corrected chi connectivity index (χ1v) is 8.84. The van der Waals surface area contributed by atoms with Gasteiger partial charge in [-0.15, -0.1) is 0 Å². The highest BCUT2D eigenvalue weighted by Crippen LogP contribution is 2.12. The number of nitrogens with one attached hydrogen (secondary N) is 1. The molecule has 3 rings (SSSR count). The Balaban J connectivity index is 1.81. The minimum absolute atomic E-state index is 0.155. The molecule has 3 aromatic rings. The number of rotatable bonds is 4. The van der Waals surface area contributed by atoms with Gasteiger partial charge >= 0.3 is 0 Å². The highest BCUT2D eigenvalue weighted by atomic mass is 79.9. The lowest BCUT2D eigenvalue weighted by Gasteiger charge is -2.03. The number of halogens is 1. The van der Waals surface area contributed by atoms with E-state index in [1.807, 2.05) is 6.92 Å². The third kappa shape index (κ3) is 3.40. The normalized spacial score (nSPS) is 12.1. The molecule has 2 aromatic heterocycles. The summed E-state index contributed by atoms with van der Waals surface area (Å²) in [5.74, 6) is 0. The lowest BCUT2D eigenvalue weighted by Crippen LogP contribution is -2.18. The molecule has 0 aliphatic heterocycles. The minimum atomic E-state index is -3.69. The SMILES string of the molecule is Cc1ccc(S(=O)(=O)N/N=C\c2cnn3cc(Br)cnc23)cc1. The van der Waals surface area contributed by atoms with Gasteiger partial charge in [0.2, 0.25) is 0 Å². The molecule has 1 N–H and O–H groups in total. The average Bonchev–Trinajstić information content (AvgIpc) is 2.90. The van der Waals surface area contributed by atoms with Gasteiger partial charge in [-0.25, -0.2) is 14.3 Å². The maximum absolute atomic E-state index is 12.1. The van der Waals surface area contributed by atoms with Gasteiger partial charge < -0.3 is 0 Å². The van der Waals surface area contributed by atoms with Crippen LogP contribution in [0.15, 0.2) is 57.3 Å². The summed E-state index contributed by atoms with van der Waals surface area (Å²) in [6.45, 7) is 1.89.